The summed E-state index contributed by atoms with van der Waals surface area (Å²) >= 11 is 0. The van der Waals surface area contributed by atoms with Gasteiger partial charge in [0.1, 0.15) is 5.75 Å². The first kappa shape index (κ1) is 21.2. The van der Waals surface area contributed by atoms with Gasteiger partial charge in [-0.3, -0.25) is 4.99 Å². The van der Waals surface area contributed by atoms with Crippen molar-refractivity contribution in [2.75, 3.05) is 33.1 Å². The van der Waals surface area contributed by atoms with Crippen LogP contribution >= 0.6 is 24.0 Å². The number of hydrogen-bond donors (Lipinski definition) is 2. The maximum Gasteiger partial charge on any atom is 0.193 e. The molecule has 0 aliphatic heterocycles. The molecule has 136 valence electrons. The molecule has 0 amide bonds. The van der Waals surface area contributed by atoms with E-state index in [1.54, 1.807) is 7.11 Å². The zero-order chi connectivity index (χ0) is 17.4. The number of benzene rings is 2. The minimum absolute atomic E-state index is 0. The summed E-state index contributed by atoms with van der Waals surface area (Å²) < 4.78 is 5.31. The lowest BCUT2D eigenvalue weighted by atomic mass is 10.1. The quantitative estimate of drug-likeness (QED) is 0.383. The highest BCUT2D eigenvalue weighted by Crippen LogP contribution is 2.22. The van der Waals surface area contributed by atoms with E-state index in [0.717, 1.165) is 17.9 Å². The summed E-state index contributed by atoms with van der Waals surface area (Å²) in [4.78, 5) is 6.67. The van der Waals surface area contributed by atoms with E-state index in [0.29, 0.717) is 12.5 Å². The van der Waals surface area contributed by atoms with E-state index in [9.17, 15) is 0 Å². The number of guanidine groups is 1. The van der Waals surface area contributed by atoms with Crippen LogP contribution in [0.15, 0.2) is 59.6 Å². The van der Waals surface area contributed by atoms with E-state index in [1.165, 1.54) is 5.56 Å². The van der Waals surface area contributed by atoms with Gasteiger partial charge in [-0.2, -0.15) is 0 Å². The zero-order valence-corrected chi connectivity index (χ0v) is 17.3. The van der Waals surface area contributed by atoms with Gasteiger partial charge in [0.2, 0.25) is 0 Å². The first-order valence-corrected chi connectivity index (χ1v) is 8.00. The molecule has 1 atom stereocenters. The van der Waals surface area contributed by atoms with Crippen LogP contribution in [0.4, 0.5) is 5.69 Å². The first-order chi connectivity index (χ1) is 11.6. The van der Waals surface area contributed by atoms with Crippen LogP contribution in [0.3, 0.4) is 0 Å². The topological polar surface area (TPSA) is 62.9 Å². The molecule has 0 aliphatic carbocycles. The molecule has 2 rings (SSSR count). The molecule has 5 nitrogen and oxygen atoms in total. The van der Waals surface area contributed by atoms with Gasteiger partial charge in [-0.1, -0.05) is 42.5 Å². The van der Waals surface area contributed by atoms with Gasteiger partial charge in [0.05, 0.1) is 19.3 Å². The van der Waals surface area contributed by atoms with Crippen LogP contribution in [-0.4, -0.2) is 44.7 Å². The summed E-state index contributed by atoms with van der Waals surface area (Å²) in [5, 5.41) is 3.10. The van der Waals surface area contributed by atoms with Crippen molar-refractivity contribution in [3.05, 3.63) is 60.2 Å². The van der Waals surface area contributed by atoms with E-state index < -0.39 is 0 Å². The van der Waals surface area contributed by atoms with Crippen LogP contribution < -0.4 is 15.8 Å². The molecule has 0 saturated heterocycles. The van der Waals surface area contributed by atoms with Gasteiger partial charge in [-0.15, -0.1) is 24.0 Å². The standard InChI is InChI=1S/C19H26N4O.HI/c1-23(2)16(13-15-9-5-4-6-10-15)14-21-19(20)22-17-11-7-8-12-18(17)24-3;/h4-12,16H,13-14H2,1-3H3,(H3,20,21,22);1H. The molecule has 0 bridgehead atoms. The van der Waals surface area contributed by atoms with Gasteiger partial charge in [0.25, 0.3) is 0 Å². The molecule has 6 heteroatoms. The van der Waals surface area contributed by atoms with E-state index in [4.69, 9.17) is 10.5 Å². The van der Waals surface area contributed by atoms with Gasteiger partial charge >= 0.3 is 0 Å². The Balaban J connectivity index is 0.00000312. The fourth-order valence-electron chi connectivity index (χ4n) is 2.43. The Labute approximate surface area is 167 Å². The Morgan fingerprint density at radius 2 is 1.76 bits per heavy atom. The molecule has 0 saturated carbocycles. The number of likely N-dealkylation sites (N-methyl/N-ethyl adjacent to an activating group) is 1. The summed E-state index contributed by atoms with van der Waals surface area (Å²) in [6.07, 6.45) is 0.930. The van der Waals surface area contributed by atoms with Gasteiger partial charge < -0.3 is 20.7 Å². The van der Waals surface area contributed by atoms with Crippen LogP contribution in [0.1, 0.15) is 5.56 Å². The average Bonchev–Trinajstić information content (AvgIpc) is 2.59. The Kier molecular flexibility index (Phi) is 9.30. The summed E-state index contributed by atoms with van der Waals surface area (Å²) in [5.41, 5.74) is 8.14. The normalized spacial score (nSPS) is 12.4. The minimum atomic E-state index is 0. The van der Waals surface area contributed by atoms with Crippen molar-refractivity contribution < 1.29 is 4.74 Å². The zero-order valence-electron chi connectivity index (χ0n) is 15.0. The highest BCUT2D eigenvalue weighted by atomic mass is 127. The lowest BCUT2D eigenvalue weighted by molar-refractivity contribution is 0.298. The van der Waals surface area contributed by atoms with Crippen LogP contribution in [0, 0.1) is 0 Å². The SMILES string of the molecule is COc1ccccc1NC(N)=NCC(Cc1ccccc1)N(C)C.I. The number of nitrogens with two attached hydrogens (primary N) is 1. The number of hydrogen-bond acceptors (Lipinski definition) is 3. The number of nitrogens with zero attached hydrogens (tertiary/aromatic N) is 2. The third kappa shape index (κ3) is 6.91. The van der Waals surface area contributed by atoms with E-state index in [1.807, 2.05) is 30.3 Å². The Morgan fingerprint density at radius 3 is 2.40 bits per heavy atom. The molecule has 0 radical (unpaired) electrons. The van der Waals surface area contributed by atoms with Gasteiger partial charge in [0.15, 0.2) is 5.96 Å². The number of rotatable bonds is 7. The lowest BCUT2D eigenvalue weighted by Crippen LogP contribution is -2.34. The Morgan fingerprint density at radius 1 is 1.12 bits per heavy atom. The molecule has 2 aromatic rings. The molecule has 0 spiro atoms. The number of para-hydroxylation sites is 2. The van der Waals surface area contributed by atoms with Crippen LogP contribution in [0.5, 0.6) is 5.75 Å². The second kappa shape index (κ2) is 10.9. The van der Waals surface area contributed by atoms with Gasteiger partial charge in [-0.05, 0) is 38.2 Å². The number of nitrogens with one attached hydrogen (secondary N) is 1. The summed E-state index contributed by atoms with van der Waals surface area (Å²) in [6, 6.07) is 18.3. The molecule has 2 aromatic carbocycles. The second-order valence-corrected chi connectivity index (χ2v) is 5.86. The Bertz CT molecular complexity index is 661. The van der Waals surface area contributed by atoms with Crippen LogP contribution in [0.25, 0.3) is 0 Å². The van der Waals surface area contributed by atoms with Crippen molar-refractivity contribution >= 4 is 35.6 Å². The largest absolute Gasteiger partial charge is 0.495 e. The molecule has 0 fully saturated rings. The molecular formula is C19H27IN4O. The van der Waals surface area contributed by atoms with Crippen molar-refractivity contribution in [3.8, 4) is 5.75 Å². The van der Waals surface area contributed by atoms with Crippen LogP contribution in [-0.2, 0) is 6.42 Å². The second-order valence-electron chi connectivity index (χ2n) is 5.86. The van der Waals surface area contributed by atoms with Crippen molar-refractivity contribution in [2.24, 2.45) is 10.7 Å². The highest BCUT2D eigenvalue weighted by Gasteiger charge is 2.12. The van der Waals surface area contributed by atoms with E-state index in [-0.39, 0.29) is 30.0 Å². The number of halogens is 1. The van der Waals surface area contributed by atoms with Gasteiger partial charge in [0, 0.05) is 6.04 Å². The number of aliphatic imine (C=N–C) groups is 1. The molecular weight excluding hydrogens is 427 g/mol. The van der Waals surface area contributed by atoms with E-state index >= 15 is 0 Å². The predicted octanol–water partition coefficient (Wildman–Crippen LogP) is 3.21. The third-order valence-corrected chi connectivity index (χ3v) is 3.89. The maximum atomic E-state index is 6.04. The molecule has 25 heavy (non-hydrogen) atoms. The third-order valence-electron chi connectivity index (χ3n) is 3.89. The van der Waals surface area contributed by atoms with Crippen molar-refractivity contribution in [1.29, 1.82) is 0 Å². The lowest BCUT2D eigenvalue weighted by Gasteiger charge is -2.23. The number of ether oxygens (including phenoxy) is 1. The van der Waals surface area contributed by atoms with E-state index in [2.05, 4.69) is 53.6 Å². The smallest absolute Gasteiger partial charge is 0.193 e. The molecule has 0 aliphatic rings. The summed E-state index contributed by atoms with van der Waals surface area (Å²) in [5.74, 6) is 1.13. The maximum absolute atomic E-state index is 6.04. The molecule has 1 unspecified atom stereocenters. The summed E-state index contributed by atoms with van der Waals surface area (Å²) in [6.45, 7) is 0.621. The highest BCUT2D eigenvalue weighted by molar-refractivity contribution is 14.0. The Hall–Kier alpha value is -1.80. The number of anilines is 1. The van der Waals surface area contributed by atoms with Crippen molar-refractivity contribution in [2.45, 2.75) is 12.5 Å². The monoisotopic (exact) mass is 454 g/mol. The molecule has 0 aromatic heterocycles. The average molecular weight is 454 g/mol. The number of methoxy groups -OCH3 is 1. The first-order valence-electron chi connectivity index (χ1n) is 8.00. The summed E-state index contributed by atoms with van der Waals surface area (Å²) in [7, 11) is 5.76. The van der Waals surface area contributed by atoms with Crippen molar-refractivity contribution in [3.63, 3.8) is 0 Å². The minimum Gasteiger partial charge on any atom is -0.495 e. The molecule has 3 N–H and O–H groups in total. The van der Waals surface area contributed by atoms with Crippen molar-refractivity contribution in [1.82, 2.24) is 4.90 Å². The fourth-order valence-corrected chi connectivity index (χ4v) is 2.43. The molecule has 0 heterocycles. The van der Waals surface area contributed by atoms with Crippen LogP contribution in [0.2, 0.25) is 0 Å². The fraction of sp³-hybridized carbons (Fsp3) is 0.316. The predicted molar refractivity (Wildman–Crippen MR) is 116 cm³/mol. The van der Waals surface area contributed by atoms with Gasteiger partial charge in [-0.25, -0.2) is 0 Å².